The summed E-state index contributed by atoms with van der Waals surface area (Å²) in [4.78, 5) is 10.9. The van der Waals surface area contributed by atoms with Gasteiger partial charge in [-0.15, -0.1) is 0 Å². The van der Waals surface area contributed by atoms with Crippen LogP contribution in [0.2, 0.25) is 5.02 Å². The van der Waals surface area contributed by atoms with Gasteiger partial charge in [-0.1, -0.05) is 16.8 Å². The monoisotopic (exact) mass is 216 g/mol. The van der Waals surface area contributed by atoms with Crippen LogP contribution in [0.4, 0.5) is 10.1 Å². The molecule has 0 unspecified atom stereocenters. The number of oxime groups is 1. The van der Waals surface area contributed by atoms with Gasteiger partial charge in [0.15, 0.2) is 0 Å². The Morgan fingerprint density at radius 2 is 2.36 bits per heavy atom. The Hall–Kier alpha value is -1.62. The van der Waals surface area contributed by atoms with Crippen molar-refractivity contribution >= 4 is 29.4 Å². The Labute approximate surface area is 84.0 Å². The number of rotatable bonds is 2. The number of hydrogen-bond donors (Lipinski definition) is 2. The van der Waals surface area contributed by atoms with E-state index in [-0.39, 0.29) is 10.7 Å². The van der Waals surface area contributed by atoms with Crippen molar-refractivity contribution in [3.63, 3.8) is 0 Å². The summed E-state index contributed by atoms with van der Waals surface area (Å²) in [6, 6.07) is 3.52. The molecule has 6 heteroatoms. The Morgan fingerprint density at radius 3 is 2.93 bits per heavy atom. The molecule has 0 fully saturated rings. The van der Waals surface area contributed by atoms with Crippen molar-refractivity contribution in [2.45, 2.75) is 0 Å². The van der Waals surface area contributed by atoms with Crippen molar-refractivity contribution < 1.29 is 14.4 Å². The molecule has 1 amide bonds. The molecule has 1 aromatic rings. The number of benzene rings is 1. The molecule has 4 nitrogen and oxygen atoms in total. The molecule has 0 saturated carbocycles. The summed E-state index contributed by atoms with van der Waals surface area (Å²) in [5.41, 5.74) is 0.248. The second-order valence-electron chi connectivity index (χ2n) is 2.36. The van der Waals surface area contributed by atoms with Crippen LogP contribution in [0.1, 0.15) is 0 Å². The highest BCUT2D eigenvalue weighted by Crippen LogP contribution is 2.21. The molecule has 74 valence electrons. The van der Waals surface area contributed by atoms with E-state index in [4.69, 9.17) is 16.8 Å². The molecule has 0 aliphatic rings. The SMILES string of the molecule is O=C(/C=N\O)Nc1ccc(F)cc1Cl. The molecule has 14 heavy (non-hydrogen) atoms. The summed E-state index contributed by atoms with van der Waals surface area (Å²) in [6.45, 7) is 0. The molecular weight excluding hydrogens is 211 g/mol. The number of amides is 1. The van der Waals surface area contributed by atoms with Crippen LogP contribution in [0.15, 0.2) is 23.4 Å². The lowest BCUT2D eigenvalue weighted by atomic mass is 10.3. The van der Waals surface area contributed by atoms with Crippen molar-refractivity contribution in [1.82, 2.24) is 0 Å². The summed E-state index contributed by atoms with van der Waals surface area (Å²) in [5, 5.41) is 12.9. The van der Waals surface area contributed by atoms with Gasteiger partial charge in [-0.05, 0) is 18.2 Å². The van der Waals surface area contributed by atoms with Gasteiger partial charge in [0.1, 0.15) is 12.0 Å². The van der Waals surface area contributed by atoms with E-state index in [1.807, 2.05) is 0 Å². The Kier molecular flexibility index (Phi) is 3.41. The van der Waals surface area contributed by atoms with Crippen LogP contribution in [0.5, 0.6) is 0 Å². The number of carbonyl (C=O) groups is 1. The summed E-state index contributed by atoms with van der Waals surface area (Å²) in [5.74, 6) is -1.15. The standard InChI is InChI=1S/C8H6ClFN2O2/c9-6-3-5(10)1-2-7(6)12-8(13)4-11-14/h1-4,14H,(H,12,13)/b11-4-. The summed E-state index contributed by atoms with van der Waals surface area (Å²) >= 11 is 5.61. The van der Waals surface area contributed by atoms with E-state index in [0.29, 0.717) is 6.21 Å². The number of halogens is 2. The van der Waals surface area contributed by atoms with Crippen molar-refractivity contribution in [2.75, 3.05) is 5.32 Å². The number of hydrogen-bond acceptors (Lipinski definition) is 3. The molecule has 0 atom stereocenters. The zero-order valence-electron chi connectivity index (χ0n) is 6.87. The molecule has 2 N–H and O–H groups in total. The van der Waals surface area contributed by atoms with Crippen molar-refractivity contribution in [2.24, 2.45) is 5.16 Å². The van der Waals surface area contributed by atoms with Crippen LogP contribution < -0.4 is 5.32 Å². The highest BCUT2D eigenvalue weighted by atomic mass is 35.5. The second kappa shape index (κ2) is 4.57. The molecule has 1 aromatic carbocycles. The highest BCUT2D eigenvalue weighted by molar-refractivity contribution is 6.36. The maximum Gasteiger partial charge on any atom is 0.270 e. The third-order valence-corrected chi connectivity index (χ3v) is 1.68. The minimum absolute atomic E-state index is 0.0738. The molecule has 0 aliphatic heterocycles. The number of nitrogens with zero attached hydrogens (tertiary/aromatic N) is 1. The molecule has 0 spiro atoms. The average molecular weight is 217 g/mol. The lowest BCUT2D eigenvalue weighted by Gasteiger charge is -2.03. The first-order valence-corrected chi connectivity index (χ1v) is 3.94. The molecule has 0 radical (unpaired) electrons. The topological polar surface area (TPSA) is 61.7 Å². The predicted molar refractivity (Wildman–Crippen MR) is 50.3 cm³/mol. The summed E-state index contributed by atoms with van der Waals surface area (Å²) < 4.78 is 12.6. The van der Waals surface area contributed by atoms with E-state index >= 15 is 0 Å². The first-order valence-electron chi connectivity index (χ1n) is 3.57. The predicted octanol–water partition coefficient (Wildman–Crippen LogP) is 1.88. The molecule has 0 heterocycles. The van der Waals surface area contributed by atoms with Crippen molar-refractivity contribution in [1.29, 1.82) is 0 Å². The van der Waals surface area contributed by atoms with Gasteiger partial charge in [0.05, 0.1) is 10.7 Å². The van der Waals surface area contributed by atoms with Gasteiger partial charge in [-0.3, -0.25) is 4.79 Å². The van der Waals surface area contributed by atoms with Gasteiger partial charge in [0.2, 0.25) is 0 Å². The van der Waals surface area contributed by atoms with Gasteiger partial charge >= 0.3 is 0 Å². The Balaban J connectivity index is 2.82. The van der Waals surface area contributed by atoms with Gasteiger partial charge in [0, 0.05) is 0 Å². The quantitative estimate of drug-likeness (QED) is 0.450. The van der Waals surface area contributed by atoms with Crippen LogP contribution in [-0.2, 0) is 4.79 Å². The number of carbonyl (C=O) groups excluding carboxylic acids is 1. The third-order valence-electron chi connectivity index (χ3n) is 1.36. The van der Waals surface area contributed by atoms with Gasteiger partial charge in [-0.25, -0.2) is 4.39 Å². The van der Waals surface area contributed by atoms with E-state index in [2.05, 4.69) is 10.5 Å². The zero-order valence-corrected chi connectivity index (χ0v) is 7.62. The average Bonchev–Trinajstić information content (AvgIpc) is 2.10. The smallest absolute Gasteiger partial charge is 0.270 e. The van der Waals surface area contributed by atoms with Crippen LogP contribution in [0.25, 0.3) is 0 Å². The fourth-order valence-electron chi connectivity index (χ4n) is 0.808. The molecule has 1 rings (SSSR count). The number of nitrogens with one attached hydrogen (secondary N) is 1. The first kappa shape index (κ1) is 10.5. The summed E-state index contributed by atoms with van der Waals surface area (Å²) in [7, 11) is 0. The zero-order chi connectivity index (χ0) is 10.6. The fraction of sp³-hybridized carbons (Fsp3) is 0. The minimum Gasteiger partial charge on any atom is -0.411 e. The normalized spacial score (nSPS) is 10.4. The van der Waals surface area contributed by atoms with Gasteiger partial charge in [-0.2, -0.15) is 0 Å². The van der Waals surface area contributed by atoms with E-state index in [1.165, 1.54) is 6.07 Å². The largest absolute Gasteiger partial charge is 0.411 e. The molecule has 0 bridgehead atoms. The lowest BCUT2D eigenvalue weighted by Crippen LogP contribution is -2.12. The summed E-state index contributed by atoms with van der Waals surface area (Å²) in [6.07, 6.45) is 0.666. The highest BCUT2D eigenvalue weighted by Gasteiger charge is 2.04. The molecule has 0 aromatic heterocycles. The second-order valence-corrected chi connectivity index (χ2v) is 2.77. The van der Waals surface area contributed by atoms with E-state index in [0.717, 1.165) is 12.1 Å². The lowest BCUT2D eigenvalue weighted by molar-refractivity contribution is -0.110. The molecule has 0 saturated heterocycles. The van der Waals surface area contributed by atoms with Crippen LogP contribution in [0, 0.1) is 5.82 Å². The van der Waals surface area contributed by atoms with Crippen molar-refractivity contribution in [3.8, 4) is 0 Å². The fourth-order valence-corrected chi connectivity index (χ4v) is 1.02. The van der Waals surface area contributed by atoms with E-state index < -0.39 is 11.7 Å². The van der Waals surface area contributed by atoms with E-state index in [1.54, 1.807) is 0 Å². The minimum atomic E-state index is -0.652. The molecule has 0 aliphatic carbocycles. The van der Waals surface area contributed by atoms with E-state index in [9.17, 15) is 9.18 Å². The van der Waals surface area contributed by atoms with Crippen molar-refractivity contribution in [3.05, 3.63) is 29.0 Å². The van der Waals surface area contributed by atoms with Crippen LogP contribution >= 0.6 is 11.6 Å². The number of anilines is 1. The maximum absolute atomic E-state index is 12.6. The maximum atomic E-state index is 12.6. The first-order chi connectivity index (χ1) is 6.63. The van der Waals surface area contributed by atoms with Gasteiger partial charge < -0.3 is 10.5 Å². The van der Waals surface area contributed by atoms with Gasteiger partial charge in [0.25, 0.3) is 5.91 Å². The van der Waals surface area contributed by atoms with Crippen LogP contribution in [-0.4, -0.2) is 17.3 Å². The Morgan fingerprint density at radius 1 is 1.64 bits per heavy atom. The molecular formula is C8H6ClFN2O2. The third kappa shape index (κ3) is 2.70. The van der Waals surface area contributed by atoms with Crippen LogP contribution in [0.3, 0.4) is 0 Å². The Bertz CT molecular complexity index is 382.